The third-order valence-electron chi connectivity index (χ3n) is 6.15. The van der Waals surface area contributed by atoms with Crippen LogP contribution in [0, 0.1) is 0 Å². The van der Waals surface area contributed by atoms with Crippen LogP contribution >= 0.6 is 0 Å². The van der Waals surface area contributed by atoms with Crippen LogP contribution in [0.3, 0.4) is 0 Å². The summed E-state index contributed by atoms with van der Waals surface area (Å²) in [5.74, 6) is 0. The number of hydrogen-bond donors (Lipinski definition) is 4. The maximum atomic E-state index is 3.67. The minimum Gasteiger partial charge on any atom is -0.355 e. The molecule has 0 unspecified atom stereocenters. The Morgan fingerprint density at radius 1 is 0.424 bits per heavy atom. The van der Waals surface area contributed by atoms with Gasteiger partial charge in [-0.1, -0.05) is 24.3 Å². The zero-order valence-electron chi connectivity index (χ0n) is 17.6. The topological polar surface area (TPSA) is 63.2 Å². The first kappa shape index (κ1) is 19.9. The summed E-state index contributed by atoms with van der Waals surface area (Å²) >= 11 is 0. The SMILES string of the molecule is C1=c2ccc([nH]2)=Cc2ccc([nH]2)C=c2[nH]c(c3cc4ccccc4cc23)=Cc2ccc1[nH]2.[Pd]. The molecule has 0 saturated carbocycles. The van der Waals surface area contributed by atoms with Crippen molar-refractivity contribution >= 4 is 45.8 Å². The molecule has 2 aromatic carbocycles. The van der Waals surface area contributed by atoms with E-state index in [1.165, 1.54) is 21.5 Å². The predicted molar refractivity (Wildman–Crippen MR) is 131 cm³/mol. The Morgan fingerprint density at radius 3 is 1.36 bits per heavy atom. The van der Waals surface area contributed by atoms with Crippen molar-refractivity contribution in [1.82, 2.24) is 19.9 Å². The molecule has 1 aliphatic rings. The van der Waals surface area contributed by atoms with E-state index in [-0.39, 0.29) is 20.4 Å². The summed E-state index contributed by atoms with van der Waals surface area (Å²) in [4.78, 5) is 14.2. The van der Waals surface area contributed by atoms with Gasteiger partial charge in [0.2, 0.25) is 0 Å². The van der Waals surface area contributed by atoms with Crippen molar-refractivity contribution in [3.8, 4) is 0 Å². The average molecular weight is 519 g/mol. The first-order valence-corrected chi connectivity index (χ1v) is 10.8. The molecule has 4 aromatic heterocycles. The minimum absolute atomic E-state index is 0. The van der Waals surface area contributed by atoms with Gasteiger partial charge in [0.25, 0.3) is 0 Å². The molecule has 6 aromatic rings. The summed E-state index contributed by atoms with van der Waals surface area (Å²) in [6.07, 6.45) is 8.62. The molecule has 0 atom stereocenters. The van der Waals surface area contributed by atoms with Crippen molar-refractivity contribution in [3.63, 3.8) is 0 Å². The predicted octanol–water partition coefficient (Wildman–Crippen LogP) is 2.93. The van der Waals surface area contributed by atoms with Crippen LogP contribution in [0.2, 0.25) is 0 Å². The Balaban J connectivity index is 0.00000206. The van der Waals surface area contributed by atoms with Gasteiger partial charge in [0, 0.05) is 75.4 Å². The van der Waals surface area contributed by atoms with Crippen LogP contribution in [-0.4, -0.2) is 19.9 Å². The molecule has 4 N–H and O–H groups in total. The second-order valence-corrected chi connectivity index (χ2v) is 8.38. The van der Waals surface area contributed by atoms with Crippen molar-refractivity contribution in [1.29, 1.82) is 0 Å². The van der Waals surface area contributed by atoms with E-state index in [9.17, 15) is 0 Å². The van der Waals surface area contributed by atoms with Crippen molar-refractivity contribution in [3.05, 3.63) is 117 Å². The molecular weight excluding hydrogens is 499 g/mol. The van der Waals surface area contributed by atoms with E-state index in [0.29, 0.717) is 0 Å². The van der Waals surface area contributed by atoms with E-state index in [4.69, 9.17) is 0 Å². The maximum absolute atomic E-state index is 3.67. The van der Waals surface area contributed by atoms with Crippen LogP contribution in [0.1, 0.15) is 22.8 Å². The second kappa shape index (κ2) is 7.67. The monoisotopic (exact) mass is 518 g/mol. The van der Waals surface area contributed by atoms with Crippen LogP contribution < -0.4 is 21.4 Å². The molecule has 162 valence electrons. The number of aromatic nitrogens is 4. The summed E-state index contributed by atoms with van der Waals surface area (Å²) in [7, 11) is 0. The minimum atomic E-state index is 0. The quantitative estimate of drug-likeness (QED) is 0.223. The number of nitrogens with one attached hydrogen (secondary N) is 4. The molecule has 0 fully saturated rings. The zero-order chi connectivity index (χ0) is 21.1. The van der Waals surface area contributed by atoms with Gasteiger partial charge in [0.1, 0.15) is 0 Å². The Bertz CT molecular complexity index is 1760. The van der Waals surface area contributed by atoms with Crippen LogP contribution in [0.5, 0.6) is 0 Å². The maximum Gasteiger partial charge on any atom is 0.0485 e. The van der Waals surface area contributed by atoms with Crippen LogP contribution in [-0.2, 0) is 20.4 Å². The van der Waals surface area contributed by atoms with Gasteiger partial charge in [-0.25, -0.2) is 0 Å². The summed E-state index contributed by atoms with van der Waals surface area (Å²) in [5.41, 5.74) is 4.25. The van der Waals surface area contributed by atoms with Crippen molar-refractivity contribution in [2.75, 3.05) is 0 Å². The molecule has 0 spiro atoms. The molecule has 7 rings (SSSR count). The molecule has 8 bridgehead atoms. The first-order chi connectivity index (χ1) is 15.8. The Kier molecular flexibility index (Phi) is 4.62. The third kappa shape index (κ3) is 3.52. The molecule has 33 heavy (non-hydrogen) atoms. The summed E-state index contributed by atoms with van der Waals surface area (Å²) in [5, 5.41) is 9.23. The molecular formula is C28H20N4Pd. The van der Waals surface area contributed by atoms with Gasteiger partial charge in [0.05, 0.1) is 0 Å². The van der Waals surface area contributed by atoms with E-state index in [1.54, 1.807) is 0 Å². The van der Waals surface area contributed by atoms with Crippen molar-refractivity contribution in [2.45, 2.75) is 0 Å². The van der Waals surface area contributed by atoms with Gasteiger partial charge >= 0.3 is 0 Å². The molecule has 0 aliphatic carbocycles. The van der Waals surface area contributed by atoms with E-state index >= 15 is 0 Å². The normalized spacial score (nSPS) is 12.4. The molecule has 0 amide bonds. The van der Waals surface area contributed by atoms with Crippen LogP contribution in [0.15, 0.2) is 72.8 Å². The first-order valence-electron chi connectivity index (χ1n) is 10.8. The third-order valence-corrected chi connectivity index (χ3v) is 6.15. The fourth-order valence-corrected chi connectivity index (χ4v) is 4.63. The average Bonchev–Trinajstić information content (AvgIpc) is 3.58. The van der Waals surface area contributed by atoms with Crippen LogP contribution in [0.25, 0.3) is 45.8 Å². The van der Waals surface area contributed by atoms with Crippen LogP contribution in [0.4, 0.5) is 0 Å². The molecule has 4 nitrogen and oxygen atoms in total. The van der Waals surface area contributed by atoms with Gasteiger partial charge in [-0.3, -0.25) is 0 Å². The number of hydrogen-bond acceptors (Lipinski definition) is 0. The molecule has 5 heterocycles. The van der Waals surface area contributed by atoms with Crippen molar-refractivity contribution < 1.29 is 20.4 Å². The van der Waals surface area contributed by atoms with Gasteiger partial charge in [0.15, 0.2) is 0 Å². The Hall–Kier alpha value is -3.78. The van der Waals surface area contributed by atoms with Gasteiger partial charge in [-0.2, -0.15) is 0 Å². The summed E-state index contributed by atoms with van der Waals surface area (Å²) in [6.45, 7) is 0. The van der Waals surface area contributed by atoms with E-state index < -0.39 is 0 Å². The number of benzene rings is 2. The molecule has 0 saturated heterocycles. The van der Waals surface area contributed by atoms with Crippen molar-refractivity contribution in [2.24, 2.45) is 0 Å². The Labute approximate surface area is 202 Å². The summed E-state index contributed by atoms with van der Waals surface area (Å²) < 4.78 is 0. The van der Waals surface area contributed by atoms with Gasteiger partial charge in [-0.15, -0.1) is 0 Å². The number of fused-ring (bicyclic) bond motifs is 12. The summed E-state index contributed by atoms with van der Waals surface area (Å²) in [6, 6.07) is 25.7. The number of H-pyrrole nitrogens is 4. The molecule has 1 aliphatic heterocycles. The van der Waals surface area contributed by atoms with Gasteiger partial charge in [-0.05, 0) is 83.6 Å². The standard InChI is InChI=1S/C28H20N4.Pd/c1-2-4-18-12-26-25(11-17(18)3-1)27-15-23-9-7-21(30-23)13-19-5-6-20(29-19)14-22-8-10-24(31-22)16-28(26)32-27;/h1-16,29-32H;. The number of aromatic amines is 4. The zero-order valence-corrected chi connectivity index (χ0v) is 19.1. The fourth-order valence-electron chi connectivity index (χ4n) is 4.63. The van der Waals surface area contributed by atoms with E-state index in [0.717, 1.165) is 44.2 Å². The molecule has 0 radical (unpaired) electrons. The Morgan fingerprint density at radius 2 is 0.879 bits per heavy atom. The van der Waals surface area contributed by atoms with E-state index in [1.807, 2.05) is 0 Å². The fraction of sp³-hybridized carbons (Fsp3) is 0. The van der Waals surface area contributed by atoms with Gasteiger partial charge < -0.3 is 19.9 Å². The smallest absolute Gasteiger partial charge is 0.0485 e. The van der Waals surface area contributed by atoms with E-state index in [2.05, 4.69) is 117 Å². The molecule has 5 heteroatoms. The largest absolute Gasteiger partial charge is 0.355 e. The second-order valence-electron chi connectivity index (χ2n) is 8.38. The number of rotatable bonds is 0.